The number of fused-ring (bicyclic) bond motifs is 1. The van der Waals surface area contributed by atoms with Crippen LogP contribution in [0, 0.1) is 5.92 Å². The first kappa shape index (κ1) is 24.3. The smallest absolute Gasteiger partial charge is 0.262 e. The summed E-state index contributed by atoms with van der Waals surface area (Å²) in [7, 11) is 0. The first-order chi connectivity index (χ1) is 16.5. The van der Waals surface area contributed by atoms with Gasteiger partial charge in [-0.15, -0.1) is 0 Å². The fourth-order valence-electron chi connectivity index (χ4n) is 4.23. The highest BCUT2D eigenvalue weighted by molar-refractivity contribution is 7.99. The summed E-state index contributed by atoms with van der Waals surface area (Å²) in [4.78, 5) is 33.2. The van der Waals surface area contributed by atoms with Crippen LogP contribution in [-0.4, -0.2) is 40.8 Å². The molecule has 0 saturated carbocycles. The minimum Gasteiger partial charge on any atom is -0.372 e. The Bertz CT molecular complexity index is 1170. The van der Waals surface area contributed by atoms with Crippen molar-refractivity contribution in [2.24, 2.45) is 5.92 Å². The van der Waals surface area contributed by atoms with E-state index in [-0.39, 0.29) is 17.2 Å². The second-order valence-electron chi connectivity index (χ2n) is 9.34. The third-order valence-electron chi connectivity index (χ3n) is 6.18. The van der Waals surface area contributed by atoms with Gasteiger partial charge in [-0.2, -0.15) is 0 Å². The summed E-state index contributed by atoms with van der Waals surface area (Å²) >= 11 is 1.32. The minimum atomic E-state index is -0.0598. The number of piperidine rings is 1. The molecule has 1 aliphatic rings. The highest BCUT2D eigenvalue weighted by atomic mass is 32.2. The average molecular weight is 479 g/mol. The number of anilines is 1. The van der Waals surface area contributed by atoms with Crippen molar-refractivity contribution >= 4 is 34.3 Å². The number of nitrogens with zero attached hydrogens (tertiary/aromatic N) is 3. The van der Waals surface area contributed by atoms with Gasteiger partial charge in [0, 0.05) is 25.3 Å². The summed E-state index contributed by atoms with van der Waals surface area (Å²) in [6.07, 6.45) is 4.58. The molecule has 2 aromatic carbocycles. The lowest BCUT2D eigenvalue weighted by Gasteiger charge is -2.29. The SMILES string of the molecule is CC(C)CCNC(=O)CSc1nc2ccc(N3CCCCC3)cc2c(=O)n1Cc1ccccc1. The Labute approximate surface area is 205 Å². The number of aromatic nitrogens is 2. The first-order valence-electron chi connectivity index (χ1n) is 12.2. The van der Waals surface area contributed by atoms with E-state index in [1.807, 2.05) is 42.5 Å². The van der Waals surface area contributed by atoms with Crippen molar-refractivity contribution < 1.29 is 4.79 Å². The number of nitrogens with one attached hydrogen (secondary N) is 1. The Morgan fingerprint density at radius 2 is 1.85 bits per heavy atom. The highest BCUT2D eigenvalue weighted by Crippen LogP contribution is 2.25. The van der Waals surface area contributed by atoms with Crippen LogP contribution in [-0.2, 0) is 11.3 Å². The summed E-state index contributed by atoms with van der Waals surface area (Å²) in [6, 6.07) is 15.9. The molecule has 34 heavy (non-hydrogen) atoms. The maximum atomic E-state index is 13.7. The third-order valence-corrected chi connectivity index (χ3v) is 7.16. The molecule has 1 amide bonds. The maximum Gasteiger partial charge on any atom is 0.262 e. The van der Waals surface area contributed by atoms with E-state index in [1.54, 1.807) is 4.57 Å². The lowest BCUT2D eigenvalue weighted by Crippen LogP contribution is -2.30. The number of rotatable bonds is 9. The Kier molecular flexibility index (Phi) is 8.27. The first-order valence-corrected chi connectivity index (χ1v) is 13.2. The molecule has 7 heteroatoms. The molecular formula is C27H34N4O2S. The van der Waals surface area contributed by atoms with Gasteiger partial charge >= 0.3 is 0 Å². The highest BCUT2D eigenvalue weighted by Gasteiger charge is 2.17. The van der Waals surface area contributed by atoms with Gasteiger partial charge in [-0.3, -0.25) is 14.2 Å². The van der Waals surface area contributed by atoms with Crippen molar-refractivity contribution in [1.82, 2.24) is 14.9 Å². The quantitative estimate of drug-likeness (QED) is 0.357. The van der Waals surface area contributed by atoms with E-state index >= 15 is 0 Å². The molecule has 1 fully saturated rings. The van der Waals surface area contributed by atoms with E-state index in [9.17, 15) is 9.59 Å². The van der Waals surface area contributed by atoms with Gasteiger partial charge in [0.05, 0.1) is 23.2 Å². The normalized spacial score (nSPS) is 14.0. The number of benzene rings is 2. The number of carbonyl (C=O) groups excluding carboxylic acids is 1. The minimum absolute atomic E-state index is 0.0355. The number of carbonyl (C=O) groups is 1. The van der Waals surface area contributed by atoms with Gasteiger partial charge in [0.1, 0.15) is 0 Å². The van der Waals surface area contributed by atoms with E-state index in [0.717, 1.165) is 30.8 Å². The number of hydrogen-bond donors (Lipinski definition) is 1. The molecule has 1 aromatic heterocycles. The van der Waals surface area contributed by atoms with Crippen molar-refractivity contribution in [1.29, 1.82) is 0 Å². The second-order valence-corrected chi connectivity index (χ2v) is 10.3. The Morgan fingerprint density at radius 1 is 1.09 bits per heavy atom. The molecule has 6 nitrogen and oxygen atoms in total. The van der Waals surface area contributed by atoms with Crippen LogP contribution in [0.1, 0.15) is 45.1 Å². The van der Waals surface area contributed by atoms with Crippen LogP contribution in [0.5, 0.6) is 0 Å². The van der Waals surface area contributed by atoms with Gasteiger partial charge < -0.3 is 10.2 Å². The Hall–Kier alpha value is -2.80. The van der Waals surface area contributed by atoms with E-state index in [2.05, 4.69) is 30.1 Å². The van der Waals surface area contributed by atoms with Gasteiger partial charge in [-0.1, -0.05) is 55.9 Å². The van der Waals surface area contributed by atoms with Crippen LogP contribution in [0.2, 0.25) is 0 Å². The zero-order valence-electron chi connectivity index (χ0n) is 20.1. The van der Waals surface area contributed by atoms with Gasteiger partial charge in [0.25, 0.3) is 5.56 Å². The Balaban J connectivity index is 1.63. The molecule has 0 aliphatic carbocycles. The fourth-order valence-corrected chi connectivity index (χ4v) is 5.06. The molecule has 0 spiro atoms. The average Bonchev–Trinajstić information content (AvgIpc) is 2.85. The summed E-state index contributed by atoms with van der Waals surface area (Å²) < 4.78 is 1.71. The van der Waals surface area contributed by atoms with E-state index in [4.69, 9.17) is 4.98 Å². The molecule has 3 aromatic rings. The zero-order chi connectivity index (χ0) is 23.9. The van der Waals surface area contributed by atoms with Crippen LogP contribution in [0.4, 0.5) is 5.69 Å². The molecule has 0 unspecified atom stereocenters. The number of thioether (sulfide) groups is 1. The molecule has 180 valence electrons. The van der Waals surface area contributed by atoms with Crippen molar-refractivity contribution in [2.75, 3.05) is 30.3 Å². The molecule has 0 atom stereocenters. The molecule has 4 rings (SSSR count). The van der Waals surface area contributed by atoms with Gasteiger partial charge in [-0.25, -0.2) is 4.98 Å². The van der Waals surface area contributed by atoms with Crippen molar-refractivity contribution in [3.8, 4) is 0 Å². The van der Waals surface area contributed by atoms with Crippen LogP contribution >= 0.6 is 11.8 Å². The van der Waals surface area contributed by atoms with Crippen molar-refractivity contribution in [3.63, 3.8) is 0 Å². The van der Waals surface area contributed by atoms with E-state index < -0.39 is 0 Å². The van der Waals surface area contributed by atoms with Crippen LogP contribution in [0.3, 0.4) is 0 Å². The molecule has 1 N–H and O–H groups in total. The number of amides is 1. The van der Waals surface area contributed by atoms with Crippen molar-refractivity contribution in [2.45, 2.75) is 51.2 Å². The van der Waals surface area contributed by atoms with Crippen molar-refractivity contribution in [3.05, 3.63) is 64.4 Å². The topological polar surface area (TPSA) is 67.2 Å². The summed E-state index contributed by atoms with van der Waals surface area (Å²) in [6.45, 7) is 7.41. The Morgan fingerprint density at radius 3 is 2.59 bits per heavy atom. The lowest BCUT2D eigenvalue weighted by molar-refractivity contribution is -0.118. The third kappa shape index (κ3) is 6.20. The molecule has 1 saturated heterocycles. The van der Waals surface area contributed by atoms with E-state index in [1.165, 1.54) is 31.0 Å². The maximum absolute atomic E-state index is 13.7. The van der Waals surface area contributed by atoms with Crippen LogP contribution in [0.25, 0.3) is 10.9 Å². The molecule has 1 aliphatic heterocycles. The zero-order valence-corrected chi connectivity index (χ0v) is 20.9. The monoisotopic (exact) mass is 478 g/mol. The van der Waals surface area contributed by atoms with Crippen LogP contribution in [0.15, 0.2) is 58.5 Å². The summed E-state index contributed by atoms with van der Waals surface area (Å²) in [5.41, 5.74) is 2.73. The van der Waals surface area contributed by atoms with Gasteiger partial charge in [0.15, 0.2) is 5.16 Å². The molecule has 0 radical (unpaired) electrons. The predicted molar refractivity (Wildman–Crippen MR) is 141 cm³/mol. The van der Waals surface area contributed by atoms with Crippen LogP contribution < -0.4 is 15.8 Å². The largest absolute Gasteiger partial charge is 0.372 e. The molecular weight excluding hydrogens is 444 g/mol. The second kappa shape index (κ2) is 11.6. The lowest BCUT2D eigenvalue weighted by atomic mass is 10.1. The van der Waals surface area contributed by atoms with E-state index in [0.29, 0.717) is 35.1 Å². The summed E-state index contributed by atoms with van der Waals surface area (Å²) in [5, 5.41) is 4.17. The van der Waals surface area contributed by atoms with Gasteiger partial charge in [0.2, 0.25) is 5.91 Å². The standard InChI is InChI=1S/C27H34N4O2S/c1-20(2)13-14-28-25(32)19-34-27-29-24-12-11-22(30-15-7-4-8-16-30)17-23(24)26(33)31(27)18-21-9-5-3-6-10-21/h3,5-6,9-12,17,20H,4,7-8,13-16,18-19H2,1-2H3,(H,28,32). The fraction of sp³-hybridized carbons (Fsp3) is 0.444. The summed E-state index contributed by atoms with van der Waals surface area (Å²) in [5.74, 6) is 0.740. The number of hydrogen-bond acceptors (Lipinski definition) is 5. The predicted octanol–water partition coefficient (Wildman–Crippen LogP) is 4.69. The van der Waals surface area contributed by atoms with Gasteiger partial charge in [-0.05, 0) is 55.4 Å². The molecule has 0 bridgehead atoms. The molecule has 2 heterocycles.